The van der Waals surface area contributed by atoms with E-state index in [4.69, 9.17) is 0 Å². The Morgan fingerprint density at radius 2 is 1.86 bits per heavy atom. The summed E-state index contributed by atoms with van der Waals surface area (Å²) in [4.78, 5) is 16.7. The number of hydrogen-bond acceptors (Lipinski definition) is 3. The third-order valence-corrected chi connectivity index (χ3v) is 4.14. The van der Waals surface area contributed by atoms with E-state index in [1.807, 2.05) is 58.7 Å². The molecule has 0 aliphatic carbocycles. The fourth-order valence-electron chi connectivity index (χ4n) is 2.07. The number of benzene rings is 1. The average molecular weight is 311 g/mol. The summed E-state index contributed by atoms with van der Waals surface area (Å²) in [5.41, 5.74) is 2.65. The summed E-state index contributed by atoms with van der Waals surface area (Å²) in [6, 6.07) is 11.4. The van der Waals surface area contributed by atoms with Gasteiger partial charge in [0.25, 0.3) is 5.91 Å². The summed E-state index contributed by atoms with van der Waals surface area (Å²) in [6.07, 6.45) is 3.94. The summed E-state index contributed by atoms with van der Waals surface area (Å²) >= 11 is 1.45. The molecule has 22 heavy (non-hydrogen) atoms. The smallest absolute Gasteiger partial charge is 0.257 e. The van der Waals surface area contributed by atoms with Crippen molar-refractivity contribution in [1.29, 1.82) is 0 Å². The number of rotatable bonds is 4. The molecule has 0 aliphatic heterocycles. The van der Waals surface area contributed by atoms with Crippen LogP contribution in [0.15, 0.2) is 54.2 Å². The van der Waals surface area contributed by atoms with Crippen molar-refractivity contribution in [3.63, 3.8) is 0 Å². The average Bonchev–Trinajstić information content (AvgIpc) is 3.19. The normalized spacial score (nSPS) is 10.9. The van der Waals surface area contributed by atoms with Gasteiger partial charge in [-0.25, -0.2) is 4.98 Å². The Balaban J connectivity index is 1.72. The van der Waals surface area contributed by atoms with Crippen molar-refractivity contribution >= 4 is 22.4 Å². The van der Waals surface area contributed by atoms with Gasteiger partial charge in [-0.05, 0) is 42.3 Å². The van der Waals surface area contributed by atoms with Gasteiger partial charge in [0.15, 0.2) is 5.13 Å². The zero-order valence-electron chi connectivity index (χ0n) is 12.5. The van der Waals surface area contributed by atoms with E-state index in [-0.39, 0.29) is 5.91 Å². The van der Waals surface area contributed by atoms with Crippen LogP contribution in [0.1, 0.15) is 35.8 Å². The molecule has 4 nitrogen and oxygen atoms in total. The van der Waals surface area contributed by atoms with Gasteiger partial charge in [-0.3, -0.25) is 10.1 Å². The number of nitrogens with zero attached hydrogens (tertiary/aromatic N) is 2. The molecule has 0 aliphatic rings. The lowest BCUT2D eigenvalue weighted by molar-refractivity contribution is 0.102. The van der Waals surface area contributed by atoms with Crippen molar-refractivity contribution in [2.24, 2.45) is 0 Å². The van der Waals surface area contributed by atoms with Gasteiger partial charge in [0, 0.05) is 29.0 Å². The van der Waals surface area contributed by atoms with E-state index in [1.165, 1.54) is 11.3 Å². The highest BCUT2D eigenvalue weighted by Crippen LogP contribution is 2.22. The molecule has 5 heteroatoms. The molecule has 0 bridgehead atoms. The zero-order valence-corrected chi connectivity index (χ0v) is 13.3. The van der Waals surface area contributed by atoms with Crippen LogP contribution >= 0.6 is 11.3 Å². The Kier molecular flexibility index (Phi) is 4.06. The first-order chi connectivity index (χ1) is 10.6. The highest BCUT2D eigenvalue weighted by molar-refractivity contribution is 7.14. The second-order valence-electron chi connectivity index (χ2n) is 5.32. The number of carbonyl (C=O) groups excluding carboxylic acids is 1. The molecule has 112 valence electrons. The van der Waals surface area contributed by atoms with Crippen molar-refractivity contribution in [1.82, 2.24) is 9.55 Å². The van der Waals surface area contributed by atoms with Crippen LogP contribution in [0.5, 0.6) is 0 Å². The minimum Gasteiger partial charge on any atom is -0.324 e. The van der Waals surface area contributed by atoms with Crippen LogP contribution in [-0.2, 0) is 0 Å². The van der Waals surface area contributed by atoms with Crippen molar-refractivity contribution in [3.8, 4) is 5.69 Å². The molecule has 1 amide bonds. The van der Waals surface area contributed by atoms with Crippen molar-refractivity contribution in [3.05, 3.63) is 65.4 Å². The second kappa shape index (κ2) is 6.15. The van der Waals surface area contributed by atoms with Gasteiger partial charge in [-0.15, -0.1) is 11.3 Å². The largest absolute Gasteiger partial charge is 0.324 e. The Labute approximate surface area is 133 Å². The van der Waals surface area contributed by atoms with E-state index in [0.717, 1.165) is 11.4 Å². The Morgan fingerprint density at radius 1 is 1.18 bits per heavy atom. The minimum atomic E-state index is -0.135. The maximum Gasteiger partial charge on any atom is 0.257 e. The first-order valence-corrected chi connectivity index (χ1v) is 8.01. The number of carbonyl (C=O) groups is 1. The summed E-state index contributed by atoms with van der Waals surface area (Å²) < 4.78 is 2.00. The first-order valence-electron chi connectivity index (χ1n) is 7.13. The van der Waals surface area contributed by atoms with Gasteiger partial charge in [0.05, 0.1) is 5.69 Å². The zero-order chi connectivity index (χ0) is 15.5. The SMILES string of the molecule is CC(C)c1csc(NC(=O)c2ccc(-n3cccc3)cc2)n1. The lowest BCUT2D eigenvalue weighted by Crippen LogP contribution is -2.11. The van der Waals surface area contributed by atoms with E-state index in [0.29, 0.717) is 16.6 Å². The quantitative estimate of drug-likeness (QED) is 0.780. The van der Waals surface area contributed by atoms with E-state index in [9.17, 15) is 4.79 Å². The molecule has 0 atom stereocenters. The lowest BCUT2D eigenvalue weighted by Gasteiger charge is -2.05. The molecular weight excluding hydrogens is 294 g/mol. The van der Waals surface area contributed by atoms with Crippen LogP contribution < -0.4 is 5.32 Å². The van der Waals surface area contributed by atoms with E-state index in [2.05, 4.69) is 24.1 Å². The van der Waals surface area contributed by atoms with Crippen LogP contribution in [-0.4, -0.2) is 15.5 Å². The lowest BCUT2D eigenvalue weighted by atomic mass is 10.2. The summed E-state index contributed by atoms with van der Waals surface area (Å²) in [5, 5.41) is 5.47. The standard InChI is InChI=1S/C17H17N3OS/c1-12(2)15-11-22-17(18-15)19-16(21)13-5-7-14(8-6-13)20-9-3-4-10-20/h3-12H,1-2H3,(H,18,19,21). The summed E-state index contributed by atoms with van der Waals surface area (Å²) in [6.45, 7) is 4.17. The van der Waals surface area contributed by atoms with E-state index in [1.54, 1.807) is 0 Å². The van der Waals surface area contributed by atoms with Crippen LogP contribution in [0.4, 0.5) is 5.13 Å². The van der Waals surface area contributed by atoms with Gasteiger partial charge < -0.3 is 4.57 Å². The molecule has 0 spiro atoms. The summed E-state index contributed by atoms with van der Waals surface area (Å²) in [5.74, 6) is 0.228. The Bertz CT molecular complexity index is 758. The fourth-order valence-corrected chi connectivity index (χ4v) is 2.94. The maximum absolute atomic E-state index is 12.2. The highest BCUT2D eigenvalue weighted by Gasteiger charge is 2.10. The molecule has 1 aromatic carbocycles. The van der Waals surface area contributed by atoms with Crippen LogP contribution in [0, 0.1) is 0 Å². The van der Waals surface area contributed by atoms with E-state index < -0.39 is 0 Å². The molecule has 3 rings (SSSR count). The summed E-state index contributed by atoms with van der Waals surface area (Å²) in [7, 11) is 0. The van der Waals surface area contributed by atoms with Crippen LogP contribution in [0.2, 0.25) is 0 Å². The Hall–Kier alpha value is -2.40. The van der Waals surface area contributed by atoms with Crippen LogP contribution in [0.3, 0.4) is 0 Å². The third kappa shape index (κ3) is 3.09. The molecule has 0 radical (unpaired) electrons. The molecule has 3 aromatic rings. The predicted octanol–water partition coefficient (Wildman–Crippen LogP) is 4.31. The molecule has 0 saturated heterocycles. The number of nitrogens with one attached hydrogen (secondary N) is 1. The van der Waals surface area contributed by atoms with Gasteiger partial charge in [-0.2, -0.15) is 0 Å². The number of thiazole rings is 1. The molecule has 0 saturated carbocycles. The number of aromatic nitrogens is 2. The maximum atomic E-state index is 12.2. The first kappa shape index (κ1) is 14.5. The van der Waals surface area contributed by atoms with Gasteiger partial charge in [0.2, 0.25) is 0 Å². The molecule has 2 aromatic heterocycles. The molecule has 0 fully saturated rings. The van der Waals surface area contributed by atoms with Gasteiger partial charge in [0.1, 0.15) is 0 Å². The van der Waals surface area contributed by atoms with Crippen LogP contribution in [0.25, 0.3) is 5.69 Å². The minimum absolute atomic E-state index is 0.135. The molecule has 2 heterocycles. The Morgan fingerprint density at radius 3 is 2.45 bits per heavy atom. The van der Waals surface area contributed by atoms with Crippen molar-refractivity contribution in [2.75, 3.05) is 5.32 Å². The second-order valence-corrected chi connectivity index (χ2v) is 6.18. The van der Waals surface area contributed by atoms with Crippen molar-refractivity contribution in [2.45, 2.75) is 19.8 Å². The van der Waals surface area contributed by atoms with Gasteiger partial charge in [-0.1, -0.05) is 13.8 Å². The number of anilines is 1. The predicted molar refractivity (Wildman–Crippen MR) is 89.9 cm³/mol. The fraction of sp³-hybridized carbons (Fsp3) is 0.176. The third-order valence-electron chi connectivity index (χ3n) is 3.37. The van der Waals surface area contributed by atoms with Crippen molar-refractivity contribution < 1.29 is 4.79 Å². The monoisotopic (exact) mass is 311 g/mol. The van der Waals surface area contributed by atoms with E-state index >= 15 is 0 Å². The molecular formula is C17H17N3OS. The highest BCUT2D eigenvalue weighted by atomic mass is 32.1. The number of amides is 1. The topological polar surface area (TPSA) is 46.9 Å². The van der Waals surface area contributed by atoms with Gasteiger partial charge >= 0.3 is 0 Å². The molecule has 0 unspecified atom stereocenters. The molecule has 1 N–H and O–H groups in total. The number of hydrogen-bond donors (Lipinski definition) is 1.